The molecule has 1 aliphatic rings. The Kier molecular flexibility index (Phi) is 4.79. The van der Waals surface area contributed by atoms with Gasteiger partial charge < -0.3 is 14.5 Å². The normalized spacial score (nSPS) is 15.1. The fraction of sp³-hybridized carbons (Fsp3) is 0.263. The molecule has 5 nitrogen and oxygen atoms in total. The van der Waals surface area contributed by atoms with Crippen LogP contribution in [0.15, 0.2) is 54.6 Å². The molecule has 1 saturated heterocycles. The van der Waals surface area contributed by atoms with E-state index in [1.54, 1.807) is 28.0 Å². The van der Waals surface area contributed by atoms with Crippen LogP contribution in [0.5, 0.6) is 5.75 Å². The van der Waals surface area contributed by atoms with E-state index in [2.05, 4.69) is 0 Å². The summed E-state index contributed by atoms with van der Waals surface area (Å²) in [5.41, 5.74) is 1.36. The number of rotatable bonds is 3. The van der Waals surface area contributed by atoms with Crippen molar-refractivity contribution in [3.63, 3.8) is 0 Å². The Balaban J connectivity index is 1.79. The van der Waals surface area contributed by atoms with E-state index in [9.17, 15) is 9.59 Å². The van der Waals surface area contributed by atoms with Crippen molar-refractivity contribution in [2.24, 2.45) is 0 Å². The molecule has 2 amide bonds. The van der Waals surface area contributed by atoms with Crippen LogP contribution in [0.1, 0.15) is 16.8 Å². The first-order valence-corrected chi connectivity index (χ1v) is 7.98. The number of ether oxygens (including phenoxy) is 1. The van der Waals surface area contributed by atoms with Crippen molar-refractivity contribution >= 4 is 17.5 Å². The number of hydrogen-bond acceptors (Lipinski definition) is 3. The maximum absolute atomic E-state index is 12.8. The predicted octanol–water partition coefficient (Wildman–Crippen LogP) is 2.57. The molecule has 1 heterocycles. The zero-order valence-corrected chi connectivity index (χ0v) is 13.6. The Bertz CT molecular complexity index is 730. The molecule has 0 spiro atoms. The zero-order valence-electron chi connectivity index (χ0n) is 13.6. The molecule has 0 saturated carbocycles. The predicted molar refractivity (Wildman–Crippen MR) is 92.3 cm³/mol. The van der Waals surface area contributed by atoms with E-state index in [1.165, 1.54) is 7.11 Å². The first-order valence-electron chi connectivity index (χ1n) is 7.98. The highest BCUT2D eigenvalue weighted by Gasteiger charge is 2.27. The van der Waals surface area contributed by atoms with Crippen molar-refractivity contribution in [1.29, 1.82) is 0 Å². The number of benzene rings is 2. The summed E-state index contributed by atoms with van der Waals surface area (Å²) in [5.74, 6) is 0.289. The van der Waals surface area contributed by atoms with E-state index in [0.717, 1.165) is 12.1 Å². The Morgan fingerprint density at radius 3 is 2.46 bits per heavy atom. The number of hydrogen-bond donors (Lipinski definition) is 0. The third-order valence-electron chi connectivity index (χ3n) is 4.13. The molecule has 124 valence electrons. The van der Waals surface area contributed by atoms with Crippen molar-refractivity contribution < 1.29 is 14.3 Å². The molecule has 24 heavy (non-hydrogen) atoms. The molecule has 0 aromatic heterocycles. The summed E-state index contributed by atoms with van der Waals surface area (Å²) >= 11 is 0. The SMILES string of the molecule is COc1ccccc1C(=O)N1CCCN(c2ccccc2)C(=O)C1. The minimum Gasteiger partial charge on any atom is -0.496 e. The molecular weight excluding hydrogens is 304 g/mol. The van der Waals surface area contributed by atoms with Gasteiger partial charge in [0.1, 0.15) is 12.3 Å². The third kappa shape index (κ3) is 3.25. The van der Waals surface area contributed by atoms with Crippen LogP contribution in [0.2, 0.25) is 0 Å². The van der Waals surface area contributed by atoms with E-state index in [4.69, 9.17) is 4.74 Å². The standard InChI is InChI=1S/C19H20N2O3/c1-24-17-11-6-5-10-16(17)19(23)20-12-7-13-21(18(22)14-20)15-8-3-2-4-9-15/h2-6,8-11H,7,12-14H2,1H3. The number of methoxy groups -OCH3 is 1. The van der Waals surface area contributed by atoms with Gasteiger partial charge in [0.15, 0.2) is 0 Å². The van der Waals surface area contributed by atoms with Gasteiger partial charge in [-0.2, -0.15) is 0 Å². The highest BCUT2D eigenvalue weighted by Crippen LogP contribution is 2.22. The number of para-hydroxylation sites is 2. The van der Waals surface area contributed by atoms with Gasteiger partial charge >= 0.3 is 0 Å². The van der Waals surface area contributed by atoms with Crippen molar-refractivity contribution in [2.75, 3.05) is 31.6 Å². The Morgan fingerprint density at radius 1 is 1.00 bits per heavy atom. The zero-order chi connectivity index (χ0) is 16.9. The number of nitrogens with zero attached hydrogens (tertiary/aromatic N) is 2. The second-order valence-corrected chi connectivity index (χ2v) is 5.66. The first-order chi connectivity index (χ1) is 11.7. The average Bonchev–Trinajstić information content (AvgIpc) is 2.83. The van der Waals surface area contributed by atoms with Crippen molar-refractivity contribution in [2.45, 2.75) is 6.42 Å². The largest absolute Gasteiger partial charge is 0.496 e. The minimum atomic E-state index is -0.171. The molecule has 0 N–H and O–H groups in total. The summed E-state index contributed by atoms with van der Waals surface area (Å²) in [5, 5.41) is 0. The molecule has 0 aliphatic carbocycles. The van der Waals surface area contributed by atoms with Crippen molar-refractivity contribution in [3.8, 4) is 5.75 Å². The minimum absolute atomic E-state index is 0.0676. The van der Waals surface area contributed by atoms with Gasteiger partial charge in [-0.1, -0.05) is 30.3 Å². The Labute approximate surface area is 141 Å². The van der Waals surface area contributed by atoms with Crippen LogP contribution in [-0.2, 0) is 4.79 Å². The maximum atomic E-state index is 12.8. The summed E-state index contributed by atoms with van der Waals surface area (Å²) in [4.78, 5) is 28.8. The molecular formula is C19H20N2O3. The van der Waals surface area contributed by atoms with Crippen LogP contribution in [0, 0.1) is 0 Å². The second-order valence-electron chi connectivity index (χ2n) is 5.66. The molecule has 0 bridgehead atoms. The van der Waals surface area contributed by atoms with E-state index < -0.39 is 0 Å². The topological polar surface area (TPSA) is 49.9 Å². The lowest BCUT2D eigenvalue weighted by atomic mass is 10.1. The summed E-state index contributed by atoms with van der Waals surface area (Å²) in [6.45, 7) is 1.23. The molecule has 0 atom stereocenters. The van der Waals surface area contributed by atoms with Crippen LogP contribution < -0.4 is 9.64 Å². The summed E-state index contributed by atoms with van der Waals surface area (Å²) in [7, 11) is 1.54. The van der Waals surface area contributed by atoms with Gasteiger partial charge in [-0.3, -0.25) is 9.59 Å². The Hall–Kier alpha value is -2.82. The van der Waals surface area contributed by atoms with Crippen LogP contribution >= 0.6 is 0 Å². The van der Waals surface area contributed by atoms with E-state index in [1.807, 2.05) is 36.4 Å². The molecule has 1 fully saturated rings. The van der Waals surface area contributed by atoms with Crippen LogP contribution in [-0.4, -0.2) is 43.5 Å². The summed E-state index contributed by atoms with van der Waals surface area (Å²) in [6.07, 6.45) is 0.738. The second kappa shape index (κ2) is 7.17. The van der Waals surface area contributed by atoms with Gasteiger partial charge in [-0.25, -0.2) is 0 Å². The quantitative estimate of drug-likeness (QED) is 0.872. The van der Waals surface area contributed by atoms with Crippen LogP contribution in [0.4, 0.5) is 5.69 Å². The molecule has 5 heteroatoms. The first kappa shape index (κ1) is 16.1. The molecule has 2 aromatic carbocycles. The number of amides is 2. The summed E-state index contributed by atoms with van der Waals surface area (Å²) in [6, 6.07) is 16.7. The van der Waals surface area contributed by atoms with Gasteiger partial charge in [0, 0.05) is 18.8 Å². The maximum Gasteiger partial charge on any atom is 0.258 e. The highest BCUT2D eigenvalue weighted by molar-refractivity contribution is 6.02. The van der Waals surface area contributed by atoms with E-state index >= 15 is 0 Å². The van der Waals surface area contributed by atoms with Crippen molar-refractivity contribution in [3.05, 3.63) is 60.2 Å². The molecule has 3 rings (SSSR count). The lowest BCUT2D eigenvalue weighted by Crippen LogP contribution is -2.39. The number of carbonyl (C=O) groups is 2. The van der Waals surface area contributed by atoms with Crippen LogP contribution in [0.25, 0.3) is 0 Å². The van der Waals surface area contributed by atoms with E-state index in [0.29, 0.717) is 24.4 Å². The fourth-order valence-electron chi connectivity index (χ4n) is 2.92. The van der Waals surface area contributed by atoms with Gasteiger partial charge in [-0.15, -0.1) is 0 Å². The van der Waals surface area contributed by atoms with Gasteiger partial charge in [0.05, 0.1) is 12.7 Å². The van der Waals surface area contributed by atoms with Gasteiger partial charge in [0.25, 0.3) is 5.91 Å². The monoisotopic (exact) mass is 324 g/mol. The fourth-order valence-corrected chi connectivity index (χ4v) is 2.92. The lowest BCUT2D eigenvalue weighted by molar-refractivity contribution is -0.118. The molecule has 0 radical (unpaired) electrons. The van der Waals surface area contributed by atoms with Crippen LogP contribution in [0.3, 0.4) is 0 Å². The van der Waals surface area contributed by atoms with E-state index in [-0.39, 0.29) is 18.4 Å². The average molecular weight is 324 g/mol. The van der Waals surface area contributed by atoms with Gasteiger partial charge in [0.2, 0.25) is 5.91 Å². The molecule has 2 aromatic rings. The molecule has 1 aliphatic heterocycles. The smallest absolute Gasteiger partial charge is 0.258 e. The third-order valence-corrected chi connectivity index (χ3v) is 4.13. The lowest BCUT2D eigenvalue weighted by Gasteiger charge is -2.22. The summed E-state index contributed by atoms with van der Waals surface area (Å²) < 4.78 is 5.26. The number of carbonyl (C=O) groups excluding carboxylic acids is 2. The molecule has 0 unspecified atom stereocenters. The Morgan fingerprint density at radius 2 is 1.71 bits per heavy atom. The number of anilines is 1. The van der Waals surface area contributed by atoms with Gasteiger partial charge in [-0.05, 0) is 30.7 Å². The van der Waals surface area contributed by atoms with Crippen molar-refractivity contribution in [1.82, 2.24) is 4.90 Å². The highest BCUT2D eigenvalue weighted by atomic mass is 16.5.